The zero-order valence-corrected chi connectivity index (χ0v) is 12.0. The lowest BCUT2D eigenvalue weighted by Crippen LogP contribution is -1.85. The summed E-state index contributed by atoms with van der Waals surface area (Å²) in [5, 5.41) is 9.47. The molecule has 1 aromatic rings. The second-order valence-corrected chi connectivity index (χ2v) is 5.20. The van der Waals surface area contributed by atoms with Crippen molar-refractivity contribution in [2.45, 2.75) is 47.0 Å². The van der Waals surface area contributed by atoms with Gasteiger partial charge in [-0.15, -0.1) is 0 Å². The van der Waals surface area contributed by atoms with Gasteiger partial charge in [0.2, 0.25) is 0 Å². The minimum absolute atomic E-state index is 0.378. The maximum absolute atomic E-state index is 9.47. The molecule has 0 saturated heterocycles. The van der Waals surface area contributed by atoms with Gasteiger partial charge in [0, 0.05) is 0 Å². The van der Waals surface area contributed by atoms with Crippen molar-refractivity contribution in [2.75, 3.05) is 0 Å². The second-order valence-electron chi connectivity index (χ2n) is 5.20. The molecule has 1 nitrogen and oxygen atoms in total. The smallest absolute Gasteiger partial charge is 0.118 e. The summed E-state index contributed by atoms with van der Waals surface area (Å²) in [6.45, 7) is 8.40. The molecule has 0 heterocycles. The highest BCUT2D eigenvalue weighted by Crippen LogP contribution is 2.18. The zero-order chi connectivity index (χ0) is 13.5. The molecule has 0 saturated carbocycles. The number of aryl methyl sites for hydroxylation is 1. The van der Waals surface area contributed by atoms with Crippen molar-refractivity contribution >= 4 is 0 Å². The third-order valence-corrected chi connectivity index (χ3v) is 3.04. The molecule has 0 aliphatic carbocycles. The lowest BCUT2D eigenvalue weighted by atomic mass is 10.0. The molecular formula is C17H24O. The van der Waals surface area contributed by atoms with Gasteiger partial charge < -0.3 is 5.11 Å². The van der Waals surface area contributed by atoms with Gasteiger partial charge in [-0.3, -0.25) is 0 Å². The Balaban J connectivity index is 2.52. The maximum Gasteiger partial charge on any atom is 0.118 e. The van der Waals surface area contributed by atoms with Crippen LogP contribution in [-0.2, 0) is 6.42 Å². The van der Waals surface area contributed by atoms with Gasteiger partial charge in [0.25, 0.3) is 0 Å². The first-order valence-electron chi connectivity index (χ1n) is 6.56. The average Bonchev–Trinajstić information content (AvgIpc) is 2.30. The number of rotatable bonds is 5. The first kappa shape index (κ1) is 14.6. The van der Waals surface area contributed by atoms with Crippen molar-refractivity contribution < 1.29 is 5.11 Å². The lowest BCUT2D eigenvalue weighted by Gasteiger charge is -2.03. The Morgan fingerprint density at radius 1 is 1.17 bits per heavy atom. The SMILES string of the molecule is CC(C)=CCC/C(C)=C/Cc1ccc(O)c(C)c1. The molecule has 0 fully saturated rings. The summed E-state index contributed by atoms with van der Waals surface area (Å²) >= 11 is 0. The molecule has 0 spiro atoms. The van der Waals surface area contributed by atoms with E-state index in [1.807, 2.05) is 13.0 Å². The van der Waals surface area contributed by atoms with Gasteiger partial charge in [0.1, 0.15) is 5.75 Å². The van der Waals surface area contributed by atoms with Gasteiger partial charge in [0.15, 0.2) is 0 Å². The van der Waals surface area contributed by atoms with E-state index in [2.05, 4.69) is 39.0 Å². The molecular weight excluding hydrogens is 220 g/mol. The summed E-state index contributed by atoms with van der Waals surface area (Å²) in [7, 11) is 0. The number of aromatic hydroxyl groups is 1. The van der Waals surface area contributed by atoms with Gasteiger partial charge in [-0.2, -0.15) is 0 Å². The van der Waals surface area contributed by atoms with Crippen molar-refractivity contribution in [1.29, 1.82) is 0 Å². The molecule has 1 rings (SSSR count). The largest absolute Gasteiger partial charge is 0.508 e. The number of hydrogen-bond donors (Lipinski definition) is 1. The molecule has 98 valence electrons. The van der Waals surface area contributed by atoms with Crippen LogP contribution in [0.15, 0.2) is 41.5 Å². The molecule has 1 N–H and O–H groups in total. The molecule has 0 aromatic heterocycles. The molecule has 0 amide bonds. The van der Waals surface area contributed by atoms with E-state index in [1.165, 1.54) is 16.7 Å². The number of phenolic OH excluding ortho intramolecular Hbond substituents is 1. The Hall–Kier alpha value is -1.50. The highest BCUT2D eigenvalue weighted by Gasteiger charge is 1.97. The van der Waals surface area contributed by atoms with E-state index >= 15 is 0 Å². The van der Waals surface area contributed by atoms with E-state index in [4.69, 9.17) is 0 Å². The van der Waals surface area contributed by atoms with E-state index in [9.17, 15) is 5.11 Å². The van der Waals surface area contributed by atoms with Crippen molar-refractivity contribution in [3.63, 3.8) is 0 Å². The van der Waals surface area contributed by atoms with Crippen LogP contribution in [-0.4, -0.2) is 5.11 Å². The summed E-state index contributed by atoms with van der Waals surface area (Å²) < 4.78 is 0. The Morgan fingerprint density at radius 3 is 2.50 bits per heavy atom. The van der Waals surface area contributed by atoms with E-state index < -0.39 is 0 Å². The zero-order valence-electron chi connectivity index (χ0n) is 12.0. The highest BCUT2D eigenvalue weighted by molar-refractivity contribution is 5.35. The molecule has 0 aliphatic rings. The van der Waals surface area contributed by atoms with Crippen molar-refractivity contribution in [3.05, 3.63) is 52.6 Å². The van der Waals surface area contributed by atoms with Crippen LogP contribution in [0.4, 0.5) is 0 Å². The van der Waals surface area contributed by atoms with Crippen molar-refractivity contribution in [1.82, 2.24) is 0 Å². The molecule has 0 radical (unpaired) electrons. The third kappa shape index (κ3) is 5.22. The predicted octanol–water partition coefficient (Wildman–Crippen LogP) is 4.94. The molecule has 18 heavy (non-hydrogen) atoms. The second kappa shape index (κ2) is 7.05. The summed E-state index contributed by atoms with van der Waals surface area (Å²) in [6, 6.07) is 5.81. The standard InChI is InChI=1S/C17H24O/c1-13(2)6-5-7-14(3)8-9-16-10-11-17(18)15(4)12-16/h6,8,10-12,18H,5,7,9H2,1-4H3/b14-8+. The lowest BCUT2D eigenvalue weighted by molar-refractivity contribution is 0.471. The first-order chi connectivity index (χ1) is 8.49. The summed E-state index contributed by atoms with van der Waals surface area (Å²) in [5.41, 5.74) is 5.02. The molecule has 0 bridgehead atoms. The van der Waals surface area contributed by atoms with Crippen LogP contribution >= 0.6 is 0 Å². The Kier molecular flexibility index (Phi) is 5.70. The van der Waals surface area contributed by atoms with Gasteiger partial charge in [-0.1, -0.05) is 35.4 Å². The summed E-state index contributed by atoms with van der Waals surface area (Å²) in [5.74, 6) is 0.378. The van der Waals surface area contributed by atoms with Gasteiger partial charge in [-0.05, 0) is 64.2 Å². The highest BCUT2D eigenvalue weighted by atomic mass is 16.3. The van der Waals surface area contributed by atoms with E-state index in [1.54, 1.807) is 6.07 Å². The molecule has 0 atom stereocenters. The Labute approximate surface area is 111 Å². The number of phenols is 1. The van der Waals surface area contributed by atoms with Crippen LogP contribution in [0.2, 0.25) is 0 Å². The molecule has 0 aliphatic heterocycles. The fourth-order valence-corrected chi connectivity index (χ4v) is 1.83. The van der Waals surface area contributed by atoms with Gasteiger partial charge in [0.05, 0.1) is 0 Å². The Morgan fingerprint density at radius 2 is 1.89 bits per heavy atom. The maximum atomic E-state index is 9.47. The van der Waals surface area contributed by atoms with Crippen LogP contribution in [0.25, 0.3) is 0 Å². The van der Waals surface area contributed by atoms with Crippen LogP contribution in [0.3, 0.4) is 0 Å². The van der Waals surface area contributed by atoms with E-state index in [0.29, 0.717) is 5.75 Å². The fraction of sp³-hybridized carbons (Fsp3) is 0.412. The molecule has 1 aromatic carbocycles. The topological polar surface area (TPSA) is 20.2 Å². The third-order valence-electron chi connectivity index (χ3n) is 3.04. The Bertz CT molecular complexity index is 449. The number of allylic oxidation sites excluding steroid dienone is 4. The van der Waals surface area contributed by atoms with Crippen LogP contribution < -0.4 is 0 Å². The summed E-state index contributed by atoms with van der Waals surface area (Å²) in [6.07, 6.45) is 7.76. The predicted molar refractivity (Wildman–Crippen MR) is 79.0 cm³/mol. The van der Waals surface area contributed by atoms with Crippen LogP contribution in [0, 0.1) is 6.92 Å². The van der Waals surface area contributed by atoms with Crippen molar-refractivity contribution in [3.8, 4) is 5.75 Å². The van der Waals surface area contributed by atoms with Crippen LogP contribution in [0.1, 0.15) is 44.7 Å². The van der Waals surface area contributed by atoms with Gasteiger partial charge in [-0.25, -0.2) is 0 Å². The minimum Gasteiger partial charge on any atom is -0.508 e. The minimum atomic E-state index is 0.378. The quantitative estimate of drug-likeness (QED) is 0.728. The average molecular weight is 244 g/mol. The normalized spacial score (nSPS) is 11.4. The van der Waals surface area contributed by atoms with Gasteiger partial charge >= 0.3 is 0 Å². The van der Waals surface area contributed by atoms with E-state index in [0.717, 1.165) is 24.8 Å². The monoisotopic (exact) mass is 244 g/mol. The number of hydrogen-bond acceptors (Lipinski definition) is 1. The molecule has 1 heteroatoms. The first-order valence-corrected chi connectivity index (χ1v) is 6.56. The van der Waals surface area contributed by atoms with E-state index in [-0.39, 0.29) is 0 Å². The van der Waals surface area contributed by atoms with Crippen molar-refractivity contribution in [2.24, 2.45) is 0 Å². The summed E-state index contributed by atoms with van der Waals surface area (Å²) in [4.78, 5) is 0. The molecule has 0 unspecified atom stereocenters. The fourth-order valence-electron chi connectivity index (χ4n) is 1.83. The number of benzene rings is 1. The van der Waals surface area contributed by atoms with Crippen LogP contribution in [0.5, 0.6) is 5.75 Å².